The van der Waals surface area contributed by atoms with E-state index >= 15 is 4.39 Å². The molecule has 1 N–H and O–H groups in total. The molecule has 2 atom stereocenters. The van der Waals surface area contributed by atoms with Crippen molar-refractivity contribution in [3.63, 3.8) is 0 Å². The van der Waals surface area contributed by atoms with Gasteiger partial charge in [-0.25, -0.2) is 13.8 Å². The topological polar surface area (TPSA) is 62.8 Å². The number of pyridine rings is 1. The van der Waals surface area contributed by atoms with Gasteiger partial charge in [-0.05, 0) is 36.5 Å². The summed E-state index contributed by atoms with van der Waals surface area (Å²) >= 11 is 0. The van der Waals surface area contributed by atoms with Gasteiger partial charge in [-0.3, -0.25) is 9.00 Å². The van der Waals surface area contributed by atoms with E-state index in [1.54, 1.807) is 6.92 Å². The lowest BCUT2D eigenvalue weighted by Gasteiger charge is -2.15. The number of benzene rings is 1. The van der Waals surface area contributed by atoms with Gasteiger partial charge in [-0.2, -0.15) is 13.2 Å². The molecule has 0 amide bonds. The van der Waals surface area contributed by atoms with Gasteiger partial charge < -0.3 is 4.98 Å². The molecular weight excluding hydrogens is 451 g/mol. The Morgan fingerprint density at radius 1 is 1.19 bits per heavy atom. The number of fused-ring (bicyclic) bond motifs is 1. The lowest BCUT2D eigenvalue weighted by molar-refractivity contribution is -0.136. The fraction of sp³-hybridized carbons (Fsp3) is 0.364. The Morgan fingerprint density at radius 3 is 2.56 bits per heavy atom. The highest BCUT2D eigenvalue weighted by molar-refractivity contribution is 7.84. The second-order valence-corrected chi connectivity index (χ2v) is 9.17. The van der Waals surface area contributed by atoms with Crippen molar-refractivity contribution in [2.75, 3.05) is 11.5 Å². The van der Waals surface area contributed by atoms with Gasteiger partial charge in [0.1, 0.15) is 17.3 Å². The number of hydrogen-bond donors (Lipinski definition) is 1. The molecule has 172 valence electrons. The van der Waals surface area contributed by atoms with E-state index in [0.29, 0.717) is 24.0 Å². The van der Waals surface area contributed by atoms with E-state index in [2.05, 4.69) is 9.97 Å². The summed E-state index contributed by atoms with van der Waals surface area (Å²) in [5.74, 6) is -3.16. The van der Waals surface area contributed by atoms with E-state index in [1.165, 1.54) is 6.07 Å². The Labute approximate surface area is 183 Å². The molecule has 3 aromatic rings. The van der Waals surface area contributed by atoms with Crippen molar-refractivity contribution in [2.45, 2.75) is 38.8 Å². The summed E-state index contributed by atoms with van der Waals surface area (Å²) in [6, 6.07) is 2.82. The van der Waals surface area contributed by atoms with Gasteiger partial charge >= 0.3 is 6.18 Å². The molecule has 0 aliphatic rings. The fourth-order valence-corrected chi connectivity index (χ4v) is 4.83. The van der Waals surface area contributed by atoms with Gasteiger partial charge in [0.2, 0.25) is 5.78 Å². The molecule has 0 saturated heterocycles. The number of nitrogens with one attached hydrogen (secondary N) is 1. The molecule has 32 heavy (non-hydrogen) atoms. The number of hydrogen-bond acceptors (Lipinski definition) is 3. The summed E-state index contributed by atoms with van der Waals surface area (Å²) in [6.07, 6.45) is -1.80. The molecule has 2 aromatic heterocycles. The zero-order valence-corrected chi connectivity index (χ0v) is 18.2. The number of rotatable bonds is 8. The second-order valence-electron chi connectivity index (χ2n) is 7.47. The van der Waals surface area contributed by atoms with Crippen LogP contribution in [0.4, 0.5) is 22.0 Å². The monoisotopic (exact) mass is 472 g/mol. The lowest BCUT2D eigenvalue weighted by Crippen LogP contribution is -2.13. The average molecular weight is 472 g/mol. The number of nitrogens with zero attached hydrogens (tertiary/aromatic N) is 1. The summed E-state index contributed by atoms with van der Waals surface area (Å²) in [4.78, 5) is 19.3. The Balaban J connectivity index is 2.03. The first-order chi connectivity index (χ1) is 15.1. The number of aromatic amines is 1. The predicted molar refractivity (Wildman–Crippen MR) is 112 cm³/mol. The average Bonchev–Trinajstić information content (AvgIpc) is 3.15. The molecule has 10 heteroatoms. The number of carbonyl (C=O) groups excluding carboxylic acids is 1. The van der Waals surface area contributed by atoms with Crippen molar-refractivity contribution in [1.29, 1.82) is 0 Å². The minimum Gasteiger partial charge on any atom is -0.345 e. The number of ketones is 1. The normalized spacial score (nSPS) is 14.0. The van der Waals surface area contributed by atoms with Gasteiger partial charge in [0.15, 0.2) is 0 Å². The Kier molecular flexibility index (Phi) is 7.12. The number of halogens is 5. The molecule has 0 aliphatic heterocycles. The zero-order valence-electron chi connectivity index (χ0n) is 17.4. The summed E-state index contributed by atoms with van der Waals surface area (Å²) in [7, 11) is -1.07. The van der Waals surface area contributed by atoms with E-state index < -0.39 is 62.4 Å². The summed E-state index contributed by atoms with van der Waals surface area (Å²) in [6.45, 7) is 3.55. The molecule has 4 nitrogen and oxygen atoms in total. The van der Waals surface area contributed by atoms with E-state index in [0.717, 1.165) is 24.9 Å². The van der Waals surface area contributed by atoms with Crippen LogP contribution >= 0.6 is 0 Å². The van der Waals surface area contributed by atoms with Gasteiger partial charge in [0.05, 0.1) is 16.7 Å². The minimum absolute atomic E-state index is 0.0391. The van der Waals surface area contributed by atoms with Crippen molar-refractivity contribution in [3.8, 4) is 0 Å². The van der Waals surface area contributed by atoms with Crippen LogP contribution in [0.3, 0.4) is 0 Å². The summed E-state index contributed by atoms with van der Waals surface area (Å²) in [5.41, 5.74) is -2.76. The molecule has 1 aromatic carbocycles. The first kappa shape index (κ1) is 24.0. The highest BCUT2D eigenvalue weighted by atomic mass is 32.2. The first-order valence-electron chi connectivity index (χ1n) is 9.97. The molecule has 0 fully saturated rings. The highest BCUT2D eigenvalue weighted by Crippen LogP contribution is 2.37. The third-order valence-corrected chi connectivity index (χ3v) is 6.77. The van der Waals surface area contributed by atoms with Crippen LogP contribution < -0.4 is 0 Å². The molecular formula is C22H21F5N2O2S. The van der Waals surface area contributed by atoms with E-state index in [-0.39, 0.29) is 11.2 Å². The van der Waals surface area contributed by atoms with Crippen molar-refractivity contribution >= 4 is 27.6 Å². The van der Waals surface area contributed by atoms with Crippen LogP contribution in [0.25, 0.3) is 11.0 Å². The molecule has 2 heterocycles. The van der Waals surface area contributed by atoms with E-state index in [1.807, 2.05) is 6.92 Å². The van der Waals surface area contributed by atoms with Crippen molar-refractivity contribution < 1.29 is 31.0 Å². The molecule has 0 saturated carbocycles. The van der Waals surface area contributed by atoms with Gasteiger partial charge in [-0.1, -0.05) is 19.9 Å². The minimum atomic E-state index is -4.79. The highest BCUT2D eigenvalue weighted by Gasteiger charge is 2.36. The number of aromatic nitrogens is 2. The van der Waals surface area contributed by atoms with Crippen LogP contribution in [0.2, 0.25) is 0 Å². The maximum atomic E-state index is 15.2. The van der Waals surface area contributed by atoms with Crippen LogP contribution in [-0.2, 0) is 17.0 Å². The molecule has 3 rings (SSSR count). The molecule has 0 aliphatic carbocycles. The van der Waals surface area contributed by atoms with Gasteiger partial charge in [0.25, 0.3) is 0 Å². The van der Waals surface area contributed by atoms with Gasteiger partial charge in [-0.15, -0.1) is 0 Å². The van der Waals surface area contributed by atoms with Gasteiger partial charge in [0, 0.05) is 40.1 Å². The SMILES string of the molecule is CCCS(=O)CCC(C)c1ccc(F)c(C(=O)c2c[nH]c3nccc(C(F)(F)F)c23)c1F. The smallest absolute Gasteiger partial charge is 0.345 e. The maximum absolute atomic E-state index is 15.2. The lowest BCUT2D eigenvalue weighted by atomic mass is 9.92. The molecule has 0 spiro atoms. The molecule has 2 unspecified atom stereocenters. The van der Waals surface area contributed by atoms with E-state index in [4.69, 9.17) is 0 Å². The van der Waals surface area contributed by atoms with Crippen LogP contribution in [0, 0.1) is 11.6 Å². The number of carbonyl (C=O) groups is 1. The van der Waals surface area contributed by atoms with Crippen molar-refractivity contribution in [2.24, 2.45) is 0 Å². The first-order valence-corrected chi connectivity index (χ1v) is 11.5. The van der Waals surface area contributed by atoms with Crippen LogP contribution in [0.1, 0.15) is 59.7 Å². The van der Waals surface area contributed by atoms with E-state index in [9.17, 15) is 26.6 Å². The Morgan fingerprint density at radius 2 is 1.91 bits per heavy atom. The largest absolute Gasteiger partial charge is 0.417 e. The molecule has 0 bridgehead atoms. The number of H-pyrrole nitrogens is 1. The Hall–Kier alpha value is -2.62. The maximum Gasteiger partial charge on any atom is 0.417 e. The Bertz CT molecular complexity index is 1170. The quantitative estimate of drug-likeness (QED) is 0.336. The third kappa shape index (κ3) is 4.74. The standard InChI is InChI=1S/C22H21F5N2O2S/c1-3-9-32(31)10-7-12(2)13-4-5-16(23)18(19(13)24)20(30)14-11-29-21-17(14)15(6-8-28-21)22(25,26)27/h4-6,8,11-12H,3,7,9-10H2,1-2H3,(H,28,29). The summed E-state index contributed by atoms with van der Waals surface area (Å²) in [5, 5.41) is -0.544. The predicted octanol–water partition coefficient (Wildman–Crippen LogP) is 5.74. The third-order valence-electron chi connectivity index (χ3n) is 5.21. The van der Waals surface area contributed by atoms with Crippen LogP contribution in [0.15, 0.2) is 30.6 Å². The zero-order chi connectivity index (χ0) is 23.6. The van der Waals surface area contributed by atoms with Crippen LogP contribution in [-0.4, -0.2) is 31.5 Å². The van der Waals surface area contributed by atoms with Crippen molar-refractivity contribution in [1.82, 2.24) is 9.97 Å². The second kappa shape index (κ2) is 9.48. The van der Waals surface area contributed by atoms with Crippen LogP contribution in [0.5, 0.6) is 0 Å². The fourth-order valence-electron chi connectivity index (χ4n) is 3.56. The van der Waals surface area contributed by atoms with Crippen molar-refractivity contribution in [3.05, 3.63) is 64.5 Å². The molecule has 0 radical (unpaired) electrons. The number of alkyl halides is 3. The summed E-state index contributed by atoms with van der Waals surface area (Å²) < 4.78 is 82.0.